The molecule has 0 unspecified atom stereocenters. The van der Waals surface area contributed by atoms with E-state index >= 15 is 0 Å². The fourth-order valence-electron chi connectivity index (χ4n) is 1.50. The summed E-state index contributed by atoms with van der Waals surface area (Å²) >= 11 is 11.3. The minimum absolute atomic E-state index is 0.225. The fraction of sp³-hybridized carbons (Fsp3) is 0.286. The lowest BCUT2D eigenvalue weighted by molar-refractivity contribution is 0.0598. The van der Waals surface area contributed by atoms with Crippen molar-refractivity contribution >= 4 is 35.0 Å². The molecule has 0 fully saturated rings. The first-order valence-corrected chi connectivity index (χ1v) is 6.60. The predicted molar refractivity (Wildman–Crippen MR) is 83.6 cm³/mol. The molecule has 1 aromatic rings. The summed E-state index contributed by atoms with van der Waals surface area (Å²) in [6, 6.07) is 3.17. The molecule has 0 spiro atoms. The standard InChI is InChI=1S/C14H16ClNO3S/c1-5-6-9-11(15)8-7-10(13(17)18-4)12(9)19-14(20)16(2)3/h5,7-8H,1,6H2,2-4H3. The number of ether oxygens (including phenoxy) is 2. The number of thiocarbonyl (C=S) groups is 1. The number of esters is 1. The van der Waals surface area contributed by atoms with E-state index in [-0.39, 0.29) is 10.7 Å². The monoisotopic (exact) mass is 313 g/mol. The van der Waals surface area contributed by atoms with Crippen LogP contribution in [0.3, 0.4) is 0 Å². The molecule has 0 amide bonds. The number of hydrogen-bond donors (Lipinski definition) is 0. The Morgan fingerprint density at radius 1 is 1.50 bits per heavy atom. The van der Waals surface area contributed by atoms with Crippen molar-refractivity contribution < 1.29 is 14.3 Å². The molecule has 0 radical (unpaired) electrons. The van der Waals surface area contributed by atoms with Crippen LogP contribution in [0.5, 0.6) is 5.75 Å². The number of carbonyl (C=O) groups is 1. The predicted octanol–water partition coefficient (Wildman–Crippen LogP) is 3.08. The minimum Gasteiger partial charge on any atom is -0.465 e. The van der Waals surface area contributed by atoms with Gasteiger partial charge < -0.3 is 14.4 Å². The van der Waals surface area contributed by atoms with Gasteiger partial charge in [-0.3, -0.25) is 0 Å². The van der Waals surface area contributed by atoms with Crippen LogP contribution in [-0.4, -0.2) is 37.2 Å². The highest BCUT2D eigenvalue weighted by Crippen LogP contribution is 2.32. The number of nitrogens with zero attached hydrogens (tertiary/aromatic N) is 1. The van der Waals surface area contributed by atoms with Crippen LogP contribution in [0.15, 0.2) is 24.8 Å². The summed E-state index contributed by atoms with van der Waals surface area (Å²) in [4.78, 5) is 13.4. The Morgan fingerprint density at radius 2 is 2.15 bits per heavy atom. The molecule has 108 valence electrons. The van der Waals surface area contributed by atoms with E-state index in [2.05, 4.69) is 6.58 Å². The molecule has 0 saturated carbocycles. The lowest BCUT2D eigenvalue weighted by atomic mass is 10.1. The molecule has 0 saturated heterocycles. The third-order valence-corrected chi connectivity index (χ3v) is 3.31. The molecule has 0 aliphatic carbocycles. The second-order valence-electron chi connectivity index (χ2n) is 4.15. The van der Waals surface area contributed by atoms with Crippen LogP contribution in [0.1, 0.15) is 15.9 Å². The number of rotatable bonds is 4. The summed E-state index contributed by atoms with van der Waals surface area (Å²) in [7, 11) is 4.80. The van der Waals surface area contributed by atoms with Gasteiger partial charge in [-0.25, -0.2) is 4.79 Å². The Balaban J connectivity index is 3.38. The Labute approximate surface area is 128 Å². The molecule has 0 N–H and O–H groups in total. The molecule has 0 atom stereocenters. The lowest BCUT2D eigenvalue weighted by Crippen LogP contribution is -2.26. The molecule has 6 heteroatoms. The molecule has 1 rings (SSSR count). The number of carbonyl (C=O) groups excluding carboxylic acids is 1. The zero-order valence-electron chi connectivity index (χ0n) is 11.6. The van der Waals surface area contributed by atoms with E-state index in [0.717, 1.165) is 0 Å². The molecular weight excluding hydrogens is 298 g/mol. The zero-order valence-corrected chi connectivity index (χ0v) is 13.2. The van der Waals surface area contributed by atoms with Crippen molar-refractivity contribution in [3.05, 3.63) is 40.9 Å². The van der Waals surface area contributed by atoms with E-state index in [1.165, 1.54) is 7.11 Å². The largest absolute Gasteiger partial charge is 0.465 e. The van der Waals surface area contributed by atoms with E-state index in [9.17, 15) is 4.79 Å². The van der Waals surface area contributed by atoms with E-state index in [4.69, 9.17) is 33.3 Å². The Hall–Kier alpha value is -1.59. The highest BCUT2D eigenvalue weighted by molar-refractivity contribution is 7.80. The Kier molecular flexibility index (Phi) is 5.98. The highest BCUT2D eigenvalue weighted by Gasteiger charge is 2.21. The van der Waals surface area contributed by atoms with Crippen molar-refractivity contribution in [3.63, 3.8) is 0 Å². The average Bonchev–Trinajstić information content (AvgIpc) is 2.41. The van der Waals surface area contributed by atoms with Crippen molar-refractivity contribution in [3.8, 4) is 5.75 Å². The Morgan fingerprint density at radius 3 is 2.65 bits per heavy atom. The zero-order chi connectivity index (χ0) is 15.3. The van der Waals surface area contributed by atoms with Crippen molar-refractivity contribution in [2.45, 2.75) is 6.42 Å². The summed E-state index contributed by atoms with van der Waals surface area (Å²) in [5.74, 6) is -0.202. The van der Waals surface area contributed by atoms with Gasteiger partial charge in [0.2, 0.25) is 0 Å². The maximum absolute atomic E-state index is 11.8. The molecule has 0 aliphatic heterocycles. The van der Waals surface area contributed by atoms with Crippen molar-refractivity contribution in [2.24, 2.45) is 0 Å². The van der Waals surface area contributed by atoms with E-state index in [1.54, 1.807) is 37.2 Å². The van der Waals surface area contributed by atoms with Gasteiger partial charge >= 0.3 is 5.97 Å². The maximum atomic E-state index is 11.8. The number of hydrogen-bond acceptors (Lipinski definition) is 4. The first-order valence-electron chi connectivity index (χ1n) is 5.82. The van der Waals surface area contributed by atoms with Gasteiger partial charge in [0, 0.05) is 24.7 Å². The van der Waals surface area contributed by atoms with Gasteiger partial charge in [-0.2, -0.15) is 0 Å². The van der Waals surface area contributed by atoms with Crippen molar-refractivity contribution in [1.29, 1.82) is 0 Å². The summed E-state index contributed by atoms with van der Waals surface area (Å²) < 4.78 is 10.4. The number of allylic oxidation sites excluding steroid dienone is 1. The van der Waals surface area contributed by atoms with Crippen molar-refractivity contribution in [1.82, 2.24) is 4.90 Å². The van der Waals surface area contributed by atoms with Crippen LogP contribution in [0.2, 0.25) is 5.02 Å². The quantitative estimate of drug-likeness (QED) is 0.485. The van der Waals surface area contributed by atoms with Gasteiger partial charge in [0.05, 0.1) is 7.11 Å². The van der Waals surface area contributed by atoms with Gasteiger partial charge in [0.25, 0.3) is 5.17 Å². The van der Waals surface area contributed by atoms with E-state index in [0.29, 0.717) is 22.8 Å². The third kappa shape index (κ3) is 3.71. The van der Waals surface area contributed by atoms with Gasteiger partial charge in [-0.15, -0.1) is 6.58 Å². The van der Waals surface area contributed by atoms with Gasteiger partial charge in [0.15, 0.2) is 0 Å². The fourth-order valence-corrected chi connectivity index (χ4v) is 1.81. The summed E-state index contributed by atoms with van der Waals surface area (Å²) in [6.07, 6.45) is 2.13. The molecule has 4 nitrogen and oxygen atoms in total. The van der Waals surface area contributed by atoms with E-state index in [1.807, 2.05) is 0 Å². The van der Waals surface area contributed by atoms with Gasteiger partial charge in [-0.1, -0.05) is 17.7 Å². The van der Waals surface area contributed by atoms with Gasteiger partial charge in [0.1, 0.15) is 11.3 Å². The maximum Gasteiger partial charge on any atom is 0.341 e. The number of benzene rings is 1. The minimum atomic E-state index is -0.511. The second-order valence-corrected chi connectivity index (χ2v) is 4.91. The molecule has 0 heterocycles. The molecule has 0 aromatic heterocycles. The molecule has 0 bridgehead atoms. The first-order chi connectivity index (χ1) is 9.42. The van der Waals surface area contributed by atoms with Crippen LogP contribution in [-0.2, 0) is 11.2 Å². The van der Waals surface area contributed by atoms with Crippen LogP contribution in [0.4, 0.5) is 0 Å². The molecule has 1 aromatic carbocycles. The molecule has 0 aliphatic rings. The number of methoxy groups -OCH3 is 1. The molecule has 20 heavy (non-hydrogen) atoms. The first kappa shape index (κ1) is 16.5. The topological polar surface area (TPSA) is 38.8 Å². The molecular formula is C14H16ClNO3S. The summed E-state index contributed by atoms with van der Waals surface area (Å²) in [5.41, 5.74) is 0.923. The Bertz CT molecular complexity index is 543. The van der Waals surface area contributed by atoms with Crippen LogP contribution >= 0.6 is 23.8 Å². The third-order valence-electron chi connectivity index (χ3n) is 2.51. The average molecular weight is 314 g/mol. The summed E-state index contributed by atoms with van der Waals surface area (Å²) in [6.45, 7) is 3.67. The van der Waals surface area contributed by atoms with Crippen LogP contribution in [0.25, 0.3) is 0 Å². The smallest absolute Gasteiger partial charge is 0.341 e. The number of halogens is 1. The van der Waals surface area contributed by atoms with Crippen LogP contribution in [0, 0.1) is 0 Å². The highest BCUT2D eigenvalue weighted by atomic mass is 35.5. The normalized spacial score (nSPS) is 9.80. The van der Waals surface area contributed by atoms with Crippen LogP contribution < -0.4 is 4.74 Å². The van der Waals surface area contributed by atoms with Crippen molar-refractivity contribution in [2.75, 3.05) is 21.2 Å². The lowest BCUT2D eigenvalue weighted by Gasteiger charge is -2.19. The van der Waals surface area contributed by atoms with Gasteiger partial charge in [-0.05, 0) is 30.8 Å². The summed E-state index contributed by atoms with van der Waals surface area (Å²) in [5, 5.41) is 0.705. The SMILES string of the molecule is C=CCc1c(Cl)ccc(C(=O)OC)c1OC(=S)N(C)C. The van der Waals surface area contributed by atoms with E-state index < -0.39 is 5.97 Å². The second kappa shape index (κ2) is 7.26.